The molecule has 0 spiro atoms. The number of ether oxygens (including phenoxy) is 2. The van der Waals surface area contributed by atoms with Crippen LogP contribution in [0.5, 0.6) is 0 Å². The SMILES string of the molecule is CCOC(C)c1noc(C2CCC(C(=O)O)O2)n1. The largest absolute Gasteiger partial charge is 0.479 e. The highest BCUT2D eigenvalue weighted by Gasteiger charge is 2.34. The van der Waals surface area contributed by atoms with Gasteiger partial charge >= 0.3 is 5.97 Å². The molecule has 18 heavy (non-hydrogen) atoms. The van der Waals surface area contributed by atoms with E-state index in [0.717, 1.165) is 0 Å². The summed E-state index contributed by atoms with van der Waals surface area (Å²) in [6.07, 6.45) is -0.430. The first-order valence-electron chi connectivity index (χ1n) is 5.95. The van der Waals surface area contributed by atoms with E-state index < -0.39 is 18.2 Å². The fourth-order valence-electron chi connectivity index (χ4n) is 1.87. The van der Waals surface area contributed by atoms with Crippen molar-refractivity contribution in [2.45, 2.75) is 45.0 Å². The second kappa shape index (κ2) is 5.45. The Morgan fingerprint density at radius 1 is 1.61 bits per heavy atom. The third-order valence-corrected chi connectivity index (χ3v) is 2.81. The normalized spacial score (nSPS) is 25.2. The van der Waals surface area contributed by atoms with Crippen LogP contribution >= 0.6 is 0 Å². The zero-order valence-corrected chi connectivity index (χ0v) is 10.3. The van der Waals surface area contributed by atoms with Crippen LogP contribution in [0.25, 0.3) is 0 Å². The lowest BCUT2D eigenvalue weighted by Crippen LogP contribution is -2.18. The fraction of sp³-hybridized carbons (Fsp3) is 0.727. The summed E-state index contributed by atoms with van der Waals surface area (Å²) in [4.78, 5) is 14.9. The van der Waals surface area contributed by atoms with E-state index in [9.17, 15) is 4.79 Å². The standard InChI is InChI=1S/C11H16N2O5/c1-3-16-6(2)9-12-10(18-13-9)7-4-5-8(17-7)11(14)15/h6-8H,3-5H2,1-2H3,(H,14,15). The molecule has 0 aliphatic carbocycles. The quantitative estimate of drug-likeness (QED) is 0.852. The Bertz CT molecular complexity index is 419. The molecule has 0 aromatic carbocycles. The average Bonchev–Trinajstić information content (AvgIpc) is 2.98. The third kappa shape index (κ3) is 2.68. The van der Waals surface area contributed by atoms with Crippen molar-refractivity contribution in [3.8, 4) is 0 Å². The molecule has 1 aromatic heterocycles. The van der Waals surface area contributed by atoms with E-state index in [1.807, 2.05) is 13.8 Å². The Kier molecular flexibility index (Phi) is 3.93. The van der Waals surface area contributed by atoms with E-state index in [-0.39, 0.29) is 6.10 Å². The second-order valence-electron chi connectivity index (χ2n) is 4.12. The summed E-state index contributed by atoms with van der Waals surface area (Å²) in [5.41, 5.74) is 0. The van der Waals surface area contributed by atoms with Crippen LogP contribution in [-0.2, 0) is 14.3 Å². The van der Waals surface area contributed by atoms with Gasteiger partial charge in [0.05, 0.1) is 0 Å². The molecule has 1 fully saturated rings. The lowest BCUT2D eigenvalue weighted by molar-refractivity contribution is -0.150. The van der Waals surface area contributed by atoms with Crippen molar-refractivity contribution in [1.29, 1.82) is 0 Å². The molecule has 7 nitrogen and oxygen atoms in total. The summed E-state index contributed by atoms with van der Waals surface area (Å²) in [5, 5.41) is 12.6. The Labute approximate surface area is 104 Å². The monoisotopic (exact) mass is 256 g/mol. The highest BCUT2D eigenvalue weighted by Crippen LogP contribution is 2.32. The van der Waals surface area contributed by atoms with Crippen molar-refractivity contribution >= 4 is 5.97 Å². The molecule has 1 aromatic rings. The van der Waals surface area contributed by atoms with Crippen molar-refractivity contribution in [2.24, 2.45) is 0 Å². The number of aliphatic carboxylic acids is 1. The van der Waals surface area contributed by atoms with Gasteiger partial charge in [0.2, 0.25) is 0 Å². The molecule has 100 valence electrons. The lowest BCUT2D eigenvalue weighted by atomic mass is 10.2. The van der Waals surface area contributed by atoms with Gasteiger partial charge in [0.25, 0.3) is 5.89 Å². The van der Waals surface area contributed by atoms with Crippen molar-refractivity contribution < 1.29 is 23.9 Å². The molecule has 1 aliphatic heterocycles. The summed E-state index contributed by atoms with van der Waals surface area (Å²) < 4.78 is 15.8. The molecule has 3 atom stereocenters. The van der Waals surface area contributed by atoms with Crippen LogP contribution in [-0.4, -0.2) is 33.9 Å². The minimum atomic E-state index is -0.958. The first-order valence-corrected chi connectivity index (χ1v) is 5.95. The Morgan fingerprint density at radius 3 is 3.00 bits per heavy atom. The first-order chi connectivity index (χ1) is 8.61. The Balaban J connectivity index is 2.00. The Hall–Kier alpha value is -1.47. The van der Waals surface area contributed by atoms with Crippen molar-refractivity contribution in [3.63, 3.8) is 0 Å². The molecule has 0 radical (unpaired) electrons. The molecule has 0 saturated carbocycles. The number of hydrogen-bond donors (Lipinski definition) is 1. The Morgan fingerprint density at radius 2 is 2.39 bits per heavy atom. The van der Waals surface area contributed by atoms with Gasteiger partial charge in [-0.2, -0.15) is 4.98 Å². The number of nitrogens with zero attached hydrogens (tertiary/aromatic N) is 2. The van der Waals surface area contributed by atoms with Gasteiger partial charge in [-0.1, -0.05) is 5.16 Å². The fourth-order valence-corrected chi connectivity index (χ4v) is 1.87. The van der Waals surface area contributed by atoms with Gasteiger partial charge in [0.1, 0.15) is 12.2 Å². The van der Waals surface area contributed by atoms with E-state index in [2.05, 4.69) is 10.1 Å². The number of carbonyl (C=O) groups is 1. The molecule has 1 aliphatic rings. The van der Waals surface area contributed by atoms with Crippen molar-refractivity contribution in [1.82, 2.24) is 10.1 Å². The summed E-state index contributed by atoms with van der Waals surface area (Å²) >= 11 is 0. The summed E-state index contributed by atoms with van der Waals surface area (Å²) in [5.74, 6) is -0.186. The predicted molar refractivity (Wildman–Crippen MR) is 58.8 cm³/mol. The summed E-state index contributed by atoms with van der Waals surface area (Å²) in [6.45, 7) is 4.27. The van der Waals surface area contributed by atoms with Crippen molar-refractivity contribution in [3.05, 3.63) is 11.7 Å². The van der Waals surface area contributed by atoms with Crippen LogP contribution in [0.15, 0.2) is 4.52 Å². The molecule has 2 rings (SSSR count). The molecule has 1 N–H and O–H groups in total. The molecular weight excluding hydrogens is 240 g/mol. The predicted octanol–water partition coefficient (Wildman–Crippen LogP) is 1.47. The zero-order valence-electron chi connectivity index (χ0n) is 10.3. The molecule has 0 bridgehead atoms. The van der Waals surface area contributed by atoms with E-state index >= 15 is 0 Å². The van der Waals surface area contributed by atoms with Crippen LogP contribution in [0.2, 0.25) is 0 Å². The molecule has 2 heterocycles. The minimum absolute atomic E-state index is 0.246. The van der Waals surface area contributed by atoms with Gasteiger partial charge in [-0.3, -0.25) is 0 Å². The van der Waals surface area contributed by atoms with Gasteiger partial charge in [-0.15, -0.1) is 0 Å². The van der Waals surface area contributed by atoms with Gasteiger partial charge < -0.3 is 19.1 Å². The van der Waals surface area contributed by atoms with Gasteiger partial charge in [-0.05, 0) is 26.7 Å². The van der Waals surface area contributed by atoms with Crippen LogP contribution in [0.3, 0.4) is 0 Å². The molecule has 7 heteroatoms. The number of hydrogen-bond acceptors (Lipinski definition) is 6. The summed E-state index contributed by atoms with van der Waals surface area (Å²) in [7, 11) is 0. The van der Waals surface area contributed by atoms with Gasteiger partial charge in [-0.25, -0.2) is 4.79 Å². The summed E-state index contributed by atoms with van der Waals surface area (Å²) in [6, 6.07) is 0. The van der Waals surface area contributed by atoms with Crippen LogP contribution in [0.4, 0.5) is 0 Å². The molecule has 3 unspecified atom stereocenters. The van der Waals surface area contributed by atoms with E-state index in [1.54, 1.807) is 0 Å². The number of aromatic nitrogens is 2. The first kappa shape index (κ1) is 13.0. The minimum Gasteiger partial charge on any atom is -0.479 e. The van der Waals surface area contributed by atoms with Crippen LogP contribution in [0.1, 0.15) is 50.6 Å². The maximum absolute atomic E-state index is 10.8. The number of carboxylic acids is 1. The van der Waals surface area contributed by atoms with Gasteiger partial charge in [0, 0.05) is 6.61 Å². The molecular formula is C11H16N2O5. The lowest BCUT2D eigenvalue weighted by Gasteiger charge is -2.06. The van der Waals surface area contributed by atoms with E-state index in [0.29, 0.717) is 31.2 Å². The van der Waals surface area contributed by atoms with E-state index in [4.69, 9.17) is 19.1 Å². The van der Waals surface area contributed by atoms with E-state index in [1.165, 1.54) is 0 Å². The topological polar surface area (TPSA) is 94.7 Å². The number of carboxylic acid groups (broad SMARTS) is 1. The number of rotatable bonds is 5. The zero-order chi connectivity index (χ0) is 13.1. The highest BCUT2D eigenvalue weighted by molar-refractivity contribution is 5.72. The highest BCUT2D eigenvalue weighted by atomic mass is 16.6. The van der Waals surface area contributed by atoms with Crippen molar-refractivity contribution in [2.75, 3.05) is 6.61 Å². The third-order valence-electron chi connectivity index (χ3n) is 2.81. The smallest absolute Gasteiger partial charge is 0.332 e. The average molecular weight is 256 g/mol. The second-order valence-corrected chi connectivity index (χ2v) is 4.12. The maximum Gasteiger partial charge on any atom is 0.332 e. The van der Waals surface area contributed by atoms with Crippen LogP contribution < -0.4 is 0 Å². The molecule has 1 saturated heterocycles. The molecule has 0 amide bonds. The maximum atomic E-state index is 10.8. The van der Waals surface area contributed by atoms with Gasteiger partial charge in [0.15, 0.2) is 11.9 Å². The van der Waals surface area contributed by atoms with Crippen LogP contribution in [0, 0.1) is 0 Å².